The summed E-state index contributed by atoms with van der Waals surface area (Å²) in [6.45, 7) is 0. The molecule has 3 nitrogen and oxygen atoms in total. The summed E-state index contributed by atoms with van der Waals surface area (Å²) in [6, 6.07) is 4.94. The van der Waals surface area contributed by atoms with Gasteiger partial charge in [-0.25, -0.2) is 0 Å². The SMILES string of the molecule is NC(=O)C#Cc1cccc(OC(F)(F)F)c1. The third-order valence-corrected chi connectivity index (χ3v) is 1.40. The Morgan fingerprint density at radius 3 is 2.62 bits per heavy atom. The van der Waals surface area contributed by atoms with E-state index in [4.69, 9.17) is 5.73 Å². The summed E-state index contributed by atoms with van der Waals surface area (Å²) in [5.41, 5.74) is 4.97. The predicted octanol–water partition coefficient (Wildman–Crippen LogP) is 1.42. The molecule has 0 heterocycles. The standard InChI is InChI=1S/C10H6F3NO2/c11-10(12,13)16-8-3-1-2-7(6-8)4-5-9(14)15/h1-3,6H,(H2,14,15). The van der Waals surface area contributed by atoms with Crippen LogP contribution in [-0.2, 0) is 4.79 Å². The number of amides is 1. The molecule has 0 fully saturated rings. The zero-order chi connectivity index (χ0) is 12.2. The van der Waals surface area contributed by atoms with Crippen LogP contribution >= 0.6 is 0 Å². The Balaban J connectivity index is 2.89. The maximum Gasteiger partial charge on any atom is 0.573 e. The number of alkyl halides is 3. The van der Waals surface area contributed by atoms with Crippen molar-refractivity contribution < 1.29 is 22.7 Å². The second-order valence-corrected chi connectivity index (χ2v) is 2.69. The molecule has 0 aliphatic carbocycles. The van der Waals surface area contributed by atoms with Gasteiger partial charge in [-0.2, -0.15) is 0 Å². The highest BCUT2D eigenvalue weighted by atomic mass is 19.4. The fourth-order valence-corrected chi connectivity index (χ4v) is 0.905. The first-order valence-electron chi connectivity index (χ1n) is 4.04. The number of rotatable bonds is 1. The normalized spacial score (nSPS) is 10.2. The van der Waals surface area contributed by atoms with Crippen molar-refractivity contribution in [3.8, 4) is 17.6 Å². The summed E-state index contributed by atoms with van der Waals surface area (Å²) in [7, 11) is 0. The molecule has 0 aliphatic rings. The third-order valence-electron chi connectivity index (χ3n) is 1.40. The molecule has 0 aliphatic heterocycles. The molecule has 1 rings (SSSR count). The van der Waals surface area contributed by atoms with Crippen LogP contribution in [0.3, 0.4) is 0 Å². The summed E-state index contributed by atoms with van der Waals surface area (Å²) in [5, 5.41) is 0. The van der Waals surface area contributed by atoms with Crippen molar-refractivity contribution in [1.29, 1.82) is 0 Å². The molecular formula is C10H6F3NO2. The maximum absolute atomic E-state index is 11.9. The van der Waals surface area contributed by atoms with E-state index in [9.17, 15) is 18.0 Å². The average molecular weight is 229 g/mol. The van der Waals surface area contributed by atoms with Crippen LogP contribution in [0, 0.1) is 11.8 Å². The molecule has 0 spiro atoms. The van der Waals surface area contributed by atoms with Crippen LogP contribution in [0.2, 0.25) is 0 Å². The first kappa shape index (κ1) is 11.9. The van der Waals surface area contributed by atoms with E-state index in [-0.39, 0.29) is 5.56 Å². The largest absolute Gasteiger partial charge is 0.573 e. The van der Waals surface area contributed by atoms with E-state index >= 15 is 0 Å². The Morgan fingerprint density at radius 1 is 1.38 bits per heavy atom. The third kappa shape index (κ3) is 4.37. The van der Waals surface area contributed by atoms with Crippen LogP contribution in [0.25, 0.3) is 0 Å². The molecule has 6 heteroatoms. The molecule has 0 atom stereocenters. The Labute approximate surface area is 89.0 Å². The first-order valence-corrected chi connectivity index (χ1v) is 4.04. The van der Waals surface area contributed by atoms with E-state index in [1.54, 1.807) is 0 Å². The van der Waals surface area contributed by atoms with Crippen molar-refractivity contribution in [2.24, 2.45) is 5.73 Å². The number of primary amides is 1. The van der Waals surface area contributed by atoms with Crippen LogP contribution in [0.15, 0.2) is 24.3 Å². The molecule has 16 heavy (non-hydrogen) atoms. The summed E-state index contributed by atoms with van der Waals surface area (Å²) < 4.78 is 39.2. The fourth-order valence-electron chi connectivity index (χ4n) is 0.905. The van der Waals surface area contributed by atoms with E-state index in [2.05, 4.69) is 10.7 Å². The lowest BCUT2D eigenvalue weighted by molar-refractivity contribution is -0.274. The molecule has 1 aromatic carbocycles. The van der Waals surface area contributed by atoms with Crippen molar-refractivity contribution in [3.05, 3.63) is 29.8 Å². The van der Waals surface area contributed by atoms with Gasteiger partial charge in [0.2, 0.25) is 0 Å². The van der Waals surface area contributed by atoms with Crippen molar-refractivity contribution >= 4 is 5.91 Å². The number of benzene rings is 1. The van der Waals surface area contributed by atoms with Gasteiger partial charge in [0.05, 0.1) is 0 Å². The van der Waals surface area contributed by atoms with Gasteiger partial charge in [-0.3, -0.25) is 4.79 Å². The van der Waals surface area contributed by atoms with Crippen molar-refractivity contribution in [2.75, 3.05) is 0 Å². The van der Waals surface area contributed by atoms with Gasteiger partial charge in [-0.05, 0) is 24.1 Å². The van der Waals surface area contributed by atoms with Crippen molar-refractivity contribution in [2.45, 2.75) is 6.36 Å². The Morgan fingerprint density at radius 2 is 2.06 bits per heavy atom. The Hall–Kier alpha value is -2.16. The number of carbonyl (C=O) groups is 1. The van der Waals surface area contributed by atoms with Gasteiger partial charge in [0, 0.05) is 5.56 Å². The van der Waals surface area contributed by atoms with E-state index in [1.807, 2.05) is 5.92 Å². The van der Waals surface area contributed by atoms with Gasteiger partial charge in [0.25, 0.3) is 5.91 Å². The number of carbonyl (C=O) groups excluding carboxylic acids is 1. The minimum atomic E-state index is -4.75. The van der Waals surface area contributed by atoms with Gasteiger partial charge < -0.3 is 10.5 Å². The number of hydrogen-bond donors (Lipinski definition) is 1. The number of hydrogen-bond acceptors (Lipinski definition) is 2. The molecule has 1 amide bonds. The lowest BCUT2D eigenvalue weighted by atomic mass is 10.2. The summed E-state index contributed by atoms with van der Waals surface area (Å²) in [4.78, 5) is 10.3. The molecule has 84 valence electrons. The summed E-state index contributed by atoms with van der Waals surface area (Å²) in [5.74, 6) is 3.04. The van der Waals surface area contributed by atoms with Gasteiger partial charge in [-0.1, -0.05) is 12.0 Å². The lowest BCUT2D eigenvalue weighted by Gasteiger charge is -2.08. The number of nitrogens with two attached hydrogens (primary N) is 1. The van der Waals surface area contributed by atoms with Crippen molar-refractivity contribution in [1.82, 2.24) is 0 Å². The van der Waals surface area contributed by atoms with Crippen LogP contribution < -0.4 is 10.5 Å². The van der Waals surface area contributed by atoms with E-state index < -0.39 is 18.0 Å². The summed E-state index contributed by atoms with van der Waals surface area (Å²) >= 11 is 0. The predicted molar refractivity (Wildman–Crippen MR) is 49.2 cm³/mol. The van der Waals surface area contributed by atoms with E-state index in [0.29, 0.717) is 0 Å². The Kier molecular flexibility index (Phi) is 3.40. The van der Waals surface area contributed by atoms with Crippen LogP contribution in [0.5, 0.6) is 5.75 Å². The zero-order valence-corrected chi connectivity index (χ0v) is 7.84. The first-order chi connectivity index (χ1) is 7.37. The molecule has 0 radical (unpaired) electrons. The monoisotopic (exact) mass is 229 g/mol. The molecule has 2 N–H and O–H groups in total. The number of ether oxygens (including phenoxy) is 1. The van der Waals surface area contributed by atoms with Crippen molar-refractivity contribution in [3.63, 3.8) is 0 Å². The smallest absolute Gasteiger partial charge is 0.406 e. The lowest BCUT2D eigenvalue weighted by Crippen LogP contribution is -2.17. The van der Waals surface area contributed by atoms with E-state index in [0.717, 1.165) is 12.1 Å². The highest BCUT2D eigenvalue weighted by Crippen LogP contribution is 2.22. The minimum absolute atomic E-state index is 0.209. The molecule has 0 saturated heterocycles. The van der Waals surface area contributed by atoms with Gasteiger partial charge in [0.1, 0.15) is 5.75 Å². The molecule has 0 saturated carbocycles. The van der Waals surface area contributed by atoms with Gasteiger partial charge in [-0.15, -0.1) is 13.2 Å². The second kappa shape index (κ2) is 4.57. The summed E-state index contributed by atoms with van der Waals surface area (Å²) in [6.07, 6.45) is -4.75. The fraction of sp³-hybridized carbons (Fsp3) is 0.100. The highest BCUT2D eigenvalue weighted by Gasteiger charge is 2.30. The molecular weight excluding hydrogens is 223 g/mol. The Bertz CT molecular complexity index is 457. The maximum atomic E-state index is 11.9. The molecule has 1 aromatic rings. The molecule has 0 aromatic heterocycles. The van der Waals surface area contributed by atoms with Crippen LogP contribution in [0.1, 0.15) is 5.56 Å². The van der Waals surface area contributed by atoms with Gasteiger partial charge in [0.15, 0.2) is 0 Å². The van der Waals surface area contributed by atoms with Gasteiger partial charge >= 0.3 is 6.36 Å². The van der Waals surface area contributed by atoms with Crippen LogP contribution in [-0.4, -0.2) is 12.3 Å². The minimum Gasteiger partial charge on any atom is -0.406 e. The van der Waals surface area contributed by atoms with E-state index in [1.165, 1.54) is 12.1 Å². The number of halogens is 3. The molecule has 0 unspecified atom stereocenters. The second-order valence-electron chi connectivity index (χ2n) is 2.69. The topological polar surface area (TPSA) is 52.3 Å². The quantitative estimate of drug-likeness (QED) is 0.740. The zero-order valence-electron chi connectivity index (χ0n) is 7.84. The molecule has 0 bridgehead atoms. The van der Waals surface area contributed by atoms with Crippen LogP contribution in [0.4, 0.5) is 13.2 Å². The average Bonchev–Trinajstić information content (AvgIpc) is 2.12. The highest BCUT2D eigenvalue weighted by molar-refractivity contribution is 5.92.